The van der Waals surface area contributed by atoms with Gasteiger partial charge in [0, 0.05) is 81.9 Å². The molecule has 0 bridgehead atoms. The lowest BCUT2D eigenvalue weighted by Gasteiger charge is -2.30. The average Bonchev–Trinajstić information content (AvgIpc) is 1.24. The van der Waals surface area contributed by atoms with Gasteiger partial charge in [-0.3, -0.25) is 57.9 Å². The lowest BCUT2D eigenvalue weighted by atomic mass is 10.00. The standard InChI is InChI=1S/C76H98N16O15S/c1-6-7-22-57(83-68(97)58(23-15-38-81-76(77)78)84-70(99)59(36-37-66(94)95)82-67(96)51-27-29-52(30-28-51)89-90-53-32-34-55(35-33-53)91(4)5)69(98)86-61(43-48-17-10-8-11-18-48)72(101)85-60(42-47(2)3)71(100)88-63(46-93)73(102)87-62(44-49-19-12-9-13-20-49)75(104)92-41-16-24-64(92)74(103)80-40-39-79-54-31-26-50-21-14-25-65(56(50)45-54)108(105,106)107/h8-14,17-21,25-35,45,47,57-64,79,93H,6-7,15-16,22-24,36-44,46H2,1-5H3,(H,80,103)(H,82,96)(H,83,97)(H,84,99)(H,85,101)(H,86,98)(H,87,102)(H,88,100)(H,94,95)(H4,77,78,81)(H,105,106,107). The molecule has 1 fully saturated rings. The Labute approximate surface area is 627 Å². The Morgan fingerprint density at radius 2 is 1.13 bits per heavy atom. The van der Waals surface area contributed by atoms with Crippen LogP contribution in [-0.4, -0.2) is 188 Å². The number of aliphatic hydroxyl groups excluding tert-OH is 1. The van der Waals surface area contributed by atoms with Crippen LogP contribution in [0.5, 0.6) is 0 Å². The first-order valence-electron chi connectivity index (χ1n) is 35.8. The quantitative estimate of drug-likeness (QED) is 0.00817. The van der Waals surface area contributed by atoms with Crippen molar-refractivity contribution in [3.63, 3.8) is 0 Å². The number of benzene rings is 6. The number of fused-ring (bicyclic) bond motifs is 1. The highest BCUT2D eigenvalue weighted by Crippen LogP contribution is 2.27. The number of carboxylic acid groups (broad SMARTS) is 1. The largest absolute Gasteiger partial charge is 0.481 e. The molecule has 0 aliphatic carbocycles. The summed E-state index contributed by atoms with van der Waals surface area (Å²) < 4.78 is 34.0. The highest BCUT2D eigenvalue weighted by molar-refractivity contribution is 7.86. The number of aliphatic hydroxyl groups is 1. The Morgan fingerprint density at radius 3 is 1.69 bits per heavy atom. The summed E-state index contributed by atoms with van der Waals surface area (Å²) in [5.41, 5.74) is 9.31. The van der Waals surface area contributed by atoms with Gasteiger partial charge in [-0.1, -0.05) is 112 Å². The molecule has 0 aromatic heterocycles. The third-order valence-electron chi connectivity index (χ3n) is 17.8. The fourth-order valence-electron chi connectivity index (χ4n) is 12.1. The van der Waals surface area contributed by atoms with Crippen LogP contribution in [0.1, 0.15) is 106 Å². The molecule has 6 aromatic carbocycles. The highest BCUT2D eigenvalue weighted by Gasteiger charge is 2.40. The number of nitrogens with one attached hydrogen (secondary N) is 11. The molecule has 1 saturated heterocycles. The van der Waals surface area contributed by atoms with E-state index in [0.717, 1.165) is 5.69 Å². The summed E-state index contributed by atoms with van der Waals surface area (Å²) in [5.74, 6) is -9.11. The van der Waals surface area contributed by atoms with Crippen LogP contribution in [0.15, 0.2) is 161 Å². The van der Waals surface area contributed by atoms with Gasteiger partial charge in [-0.25, -0.2) is 0 Å². The maximum Gasteiger partial charge on any atom is 0.303 e. The third kappa shape index (κ3) is 26.3. The van der Waals surface area contributed by atoms with Gasteiger partial charge in [0.25, 0.3) is 16.0 Å². The molecule has 0 radical (unpaired) electrons. The first-order valence-corrected chi connectivity index (χ1v) is 37.3. The van der Waals surface area contributed by atoms with E-state index < -0.39 is 137 Å². The number of hydrogen-bond acceptors (Lipinski definition) is 18. The first-order chi connectivity index (χ1) is 51.6. The highest BCUT2D eigenvalue weighted by atomic mass is 32.2. The second-order valence-electron chi connectivity index (χ2n) is 26.9. The Kier molecular flexibility index (Phi) is 32.2. The zero-order chi connectivity index (χ0) is 78.5. The summed E-state index contributed by atoms with van der Waals surface area (Å²) in [5, 5.41) is 64.9. The molecule has 1 heterocycles. The van der Waals surface area contributed by atoms with Crippen molar-refractivity contribution >= 4 is 109 Å². The smallest absolute Gasteiger partial charge is 0.303 e. The maximum atomic E-state index is 14.8. The van der Waals surface area contributed by atoms with E-state index in [1.807, 2.05) is 38.1 Å². The second kappa shape index (κ2) is 41.5. The van der Waals surface area contributed by atoms with Gasteiger partial charge in [0.2, 0.25) is 47.3 Å². The molecule has 16 N–H and O–H groups in total. The predicted octanol–water partition coefficient (Wildman–Crippen LogP) is 4.64. The molecule has 7 rings (SSSR count). The molecule has 6 aromatic rings. The molecule has 0 saturated carbocycles. The number of likely N-dealkylation sites (tertiary alicyclic amines) is 1. The first kappa shape index (κ1) is 83.9. The van der Waals surface area contributed by atoms with Crippen molar-refractivity contribution in [2.45, 2.75) is 151 Å². The number of rotatable bonds is 41. The number of anilines is 2. The molecule has 578 valence electrons. The van der Waals surface area contributed by atoms with Gasteiger partial charge < -0.3 is 78.9 Å². The van der Waals surface area contributed by atoms with Crippen molar-refractivity contribution in [2.24, 2.45) is 21.9 Å². The maximum absolute atomic E-state index is 14.8. The van der Waals surface area contributed by atoms with E-state index in [2.05, 4.69) is 63.4 Å². The van der Waals surface area contributed by atoms with Gasteiger partial charge in [0.1, 0.15) is 53.2 Å². The van der Waals surface area contributed by atoms with Crippen molar-refractivity contribution in [2.75, 3.05) is 57.1 Å². The summed E-state index contributed by atoms with van der Waals surface area (Å²) in [4.78, 5) is 145. The van der Waals surface area contributed by atoms with Crippen molar-refractivity contribution < 1.29 is 71.1 Å². The number of nitrogens with two attached hydrogens (primary N) is 1. The molecule has 32 heteroatoms. The van der Waals surface area contributed by atoms with Crippen LogP contribution in [-0.2, 0) is 66.1 Å². The Morgan fingerprint density at radius 1 is 0.602 bits per heavy atom. The Balaban J connectivity index is 1.03. The summed E-state index contributed by atoms with van der Waals surface area (Å²) in [6.45, 7) is 4.94. The van der Waals surface area contributed by atoms with Crippen LogP contribution in [0, 0.1) is 11.3 Å². The van der Waals surface area contributed by atoms with E-state index in [9.17, 15) is 71.1 Å². The van der Waals surface area contributed by atoms with Crippen LogP contribution >= 0.6 is 0 Å². The zero-order valence-electron chi connectivity index (χ0n) is 61.1. The Hall–Kier alpha value is -11.4. The molecule has 0 spiro atoms. The van der Waals surface area contributed by atoms with Gasteiger partial charge >= 0.3 is 5.97 Å². The van der Waals surface area contributed by atoms with Crippen LogP contribution in [0.3, 0.4) is 0 Å². The second-order valence-corrected chi connectivity index (χ2v) is 28.3. The molecule has 8 atom stereocenters. The van der Waals surface area contributed by atoms with Crippen LogP contribution in [0.2, 0.25) is 0 Å². The Bertz CT molecular complexity index is 4230. The topological polar surface area (TPSA) is 467 Å². The van der Waals surface area contributed by atoms with Crippen LogP contribution < -0.4 is 63.8 Å². The molecule has 9 amide bonds. The molecule has 108 heavy (non-hydrogen) atoms. The molecule has 31 nitrogen and oxygen atoms in total. The van der Waals surface area contributed by atoms with Gasteiger partial charge in [-0.2, -0.15) is 18.6 Å². The van der Waals surface area contributed by atoms with E-state index in [4.69, 9.17) is 11.1 Å². The molecular weight excluding hydrogens is 1410 g/mol. The predicted molar refractivity (Wildman–Crippen MR) is 407 cm³/mol. The summed E-state index contributed by atoms with van der Waals surface area (Å²) in [6.07, 6.45) is 0.513. The molecule has 1 aliphatic rings. The number of amides is 9. The number of carbonyl (C=O) groups is 10. The number of nitrogens with zero attached hydrogens (tertiary/aromatic N) is 4. The average molecular weight is 1510 g/mol. The molecule has 1 aliphatic heterocycles. The number of carbonyl (C=O) groups excluding carboxylic acids is 9. The van der Waals surface area contributed by atoms with Crippen molar-refractivity contribution in [1.29, 1.82) is 5.41 Å². The van der Waals surface area contributed by atoms with E-state index in [-0.39, 0.29) is 87.0 Å². The molecule has 8 unspecified atom stereocenters. The number of azo groups is 1. The van der Waals surface area contributed by atoms with Crippen molar-refractivity contribution in [3.05, 3.63) is 162 Å². The summed E-state index contributed by atoms with van der Waals surface area (Å²) in [6, 6.07) is 29.0. The van der Waals surface area contributed by atoms with Crippen molar-refractivity contribution in [3.8, 4) is 0 Å². The monoisotopic (exact) mass is 1510 g/mol. The van der Waals surface area contributed by atoms with Gasteiger partial charge in [0.15, 0.2) is 5.96 Å². The van der Waals surface area contributed by atoms with Crippen LogP contribution in [0.25, 0.3) is 10.8 Å². The fourth-order valence-corrected chi connectivity index (χ4v) is 12.8. The van der Waals surface area contributed by atoms with E-state index in [1.54, 1.807) is 111 Å². The minimum atomic E-state index is -4.52. The lowest BCUT2D eigenvalue weighted by molar-refractivity contribution is -0.142. The van der Waals surface area contributed by atoms with Gasteiger partial charge in [0.05, 0.1) is 18.0 Å². The number of unbranched alkanes of at least 4 members (excludes halogenated alkanes) is 1. The number of carboxylic acids is 1. The number of hydrogen-bond donors (Lipinski definition) is 15. The summed E-state index contributed by atoms with van der Waals surface area (Å²) >= 11 is 0. The van der Waals surface area contributed by atoms with E-state index in [0.29, 0.717) is 64.6 Å². The van der Waals surface area contributed by atoms with Crippen LogP contribution in [0.4, 0.5) is 22.7 Å². The minimum Gasteiger partial charge on any atom is -0.481 e. The zero-order valence-corrected chi connectivity index (χ0v) is 61.9. The normalized spacial score (nSPS) is 14.7. The van der Waals surface area contributed by atoms with E-state index in [1.165, 1.54) is 41.3 Å². The number of aliphatic carboxylic acids is 1. The number of guanidine groups is 1. The van der Waals surface area contributed by atoms with Gasteiger partial charge in [-0.15, -0.1) is 0 Å². The van der Waals surface area contributed by atoms with Crippen molar-refractivity contribution in [1.82, 2.24) is 52.8 Å². The molecular formula is C76H98N16O15S. The lowest BCUT2D eigenvalue weighted by Crippen LogP contribution is -2.61. The SMILES string of the molecule is CCCCC(NC(=O)C(CCCNC(=N)N)NC(=O)C(CCC(=O)O)NC(=O)c1ccc(N=Nc2ccc(N(C)C)cc2)cc1)C(=O)NC(Cc1ccccc1)C(=O)NC(CC(C)C)C(=O)NC(CO)C(=O)NC(Cc1ccccc1)C(=O)N1CCCC1C(=O)NCCNc1ccc2cccc(S(=O)(=O)O)c2c1. The third-order valence-corrected chi connectivity index (χ3v) is 18.7. The van der Waals surface area contributed by atoms with E-state index >= 15 is 0 Å². The van der Waals surface area contributed by atoms with Gasteiger partial charge in [-0.05, 0) is 134 Å². The minimum absolute atomic E-state index is 0.0199. The summed E-state index contributed by atoms with van der Waals surface area (Å²) in [7, 11) is -0.705. The fraction of sp³-hybridized carbons (Fsp3) is 0.408.